The highest BCUT2D eigenvalue weighted by Crippen LogP contribution is 2.45. The number of aromatic nitrogens is 5. The molecule has 10 nitrogen and oxygen atoms in total. The van der Waals surface area contributed by atoms with Crippen molar-refractivity contribution in [2.45, 2.75) is 57.0 Å². The summed E-state index contributed by atoms with van der Waals surface area (Å²) in [7, 11) is 3.52. The van der Waals surface area contributed by atoms with E-state index in [0.29, 0.717) is 35.4 Å². The first-order chi connectivity index (χ1) is 17.9. The maximum Gasteiger partial charge on any atom is 0.226 e. The van der Waals surface area contributed by atoms with Crippen molar-refractivity contribution in [2.24, 2.45) is 4.99 Å². The number of nitrogens with one attached hydrogen (secondary N) is 1. The van der Waals surface area contributed by atoms with E-state index in [2.05, 4.69) is 51.0 Å². The summed E-state index contributed by atoms with van der Waals surface area (Å²) in [5, 5.41) is 3.06. The maximum absolute atomic E-state index is 11.9. The van der Waals surface area contributed by atoms with Gasteiger partial charge in [0.25, 0.3) is 0 Å². The number of hydrogen-bond acceptors (Lipinski definition) is 10. The van der Waals surface area contributed by atoms with Crippen LogP contribution in [-0.4, -0.2) is 63.0 Å². The van der Waals surface area contributed by atoms with Crippen molar-refractivity contribution in [3.63, 3.8) is 0 Å². The van der Waals surface area contributed by atoms with Gasteiger partial charge in [-0.05, 0) is 44.6 Å². The molecule has 1 aliphatic carbocycles. The second-order valence-corrected chi connectivity index (χ2v) is 10.2. The topological polar surface area (TPSA) is 118 Å². The van der Waals surface area contributed by atoms with Crippen molar-refractivity contribution in [1.29, 1.82) is 0 Å². The molecule has 0 unspecified atom stereocenters. The molecule has 0 atom stereocenters. The van der Waals surface area contributed by atoms with E-state index in [0.717, 1.165) is 40.4 Å². The fraction of sp³-hybridized carbons (Fsp3) is 0.423. The van der Waals surface area contributed by atoms with Gasteiger partial charge >= 0.3 is 0 Å². The Hall–Kier alpha value is -3.60. The lowest BCUT2D eigenvalue weighted by molar-refractivity contribution is -0.102. The molecule has 3 aromatic heterocycles. The number of aliphatic imine (C=N–C) groups is 1. The summed E-state index contributed by atoms with van der Waals surface area (Å²) in [6.07, 6.45) is 7.83. The molecule has 11 heteroatoms. The molecule has 1 fully saturated rings. The van der Waals surface area contributed by atoms with Crippen LogP contribution in [0.15, 0.2) is 40.7 Å². The summed E-state index contributed by atoms with van der Waals surface area (Å²) in [4.78, 5) is 42.2. The minimum atomic E-state index is 0.127. The molecule has 194 valence electrons. The molecular weight excluding hydrogens is 488 g/mol. The lowest BCUT2D eigenvalue weighted by Crippen LogP contribution is -2.29. The number of methoxy groups -OCH3 is 1. The standard InChI is InChI=1S/C26H32N8O2S/c1-6-37-19-10-9-18(27-12-19)11-28-21(14-35)33-24-25(34(4)16(2)3)32-20(13-29-24)22-23(17-7-8-17)30-15-31-26(22)36-5/h9-10,12-17H,6-8,11H2,1-5H3,(H,28,29,33). The molecular formula is C26H32N8O2S. The second kappa shape index (κ2) is 12.1. The molecule has 0 aliphatic heterocycles. The molecule has 0 bridgehead atoms. The van der Waals surface area contributed by atoms with E-state index in [-0.39, 0.29) is 18.4 Å². The summed E-state index contributed by atoms with van der Waals surface area (Å²) >= 11 is 1.73. The van der Waals surface area contributed by atoms with Crippen LogP contribution in [0.1, 0.15) is 50.9 Å². The average Bonchev–Trinajstić information content (AvgIpc) is 3.77. The Morgan fingerprint density at radius 2 is 2.05 bits per heavy atom. The predicted molar refractivity (Wildman–Crippen MR) is 147 cm³/mol. The third-order valence-corrected chi connectivity index (χ3v) is 6.86. The average molecular weight is 521 g/mol. The Morgan fingerprint density at radius 3 is 2.68 bits per heavy atom. The van der Waals surface area contributed by atoms with Crippen molar-refractivity contribution in [2.75, 3.05) is 30.1 Å². The Labute approximate surface area is 221 Å². The number of carbonyl (C=O) groups is 1. The number of carbonyl (C=O) groups excluding carboxylic acids is 1. The molecule has 0 radical (unpaired) electrons. The Kier molecular flexibility index (Phi) is 8.65. The SMILES string of the molecule is CCSc1ccc(CN=C(C=O)Nc2ncc(-c3c(OC)ncnc3C3CC3)nc2N(C)C(C)C)nc1. The zero-order chi connectivity index (χ0) is 26.4. The summed E-state index contributed by atoms with van der Waals surface area (Å²) in [6.45, 7) is 6.48. The minimum absolute atomic E-state index is 0.127. The molecule has 1 aliphatic rings. The maximum atomic E-state index is 11.9. The fourth-order valence-corrected chi connectivity index (χ4v) is 4.30. The number of pyridine rings is 1. The summed E-state index contributed by atoms with van der Waals surface area (Å²) in [5.74, 6) is 2.97. The summed E-state index contributed by atoms with van der Waals surface area (Å²) < 4.78 is 5.55. The van der Waals surface area contributed by atoms with Crippen LogP contribution < -0.4 is 15.0 Å². The van der Waals surface area contributed by atoms with Gasteiger partial charge in [0.15, 0.2) is 23.8 Å². The molecule has 37 heavy (non-hydrogen) atoms. The van der Waals surface area contributed by atoms with E-state index in [1.54, 1.807) is 25.1 Å². The smallest absolute Gasteiger partial charge is 0.226 e. The number of rotatable bonds is 11. The van der Waals surface area contributed by atoms with Crippen LogP contribution in [0, 0.1) is 0 Å². The van der Waals surface area contributed by atoms with Gasteiger partial charge in [-0.15, -0.1) is 11.8 Å². The van der Waals surface area contributed by atoms with Gasteiger partial charge in [-0.3, -0.25) is 14.8 Å². The highest BCUT2D eigenvalue weighted by atomic mass is 32.2. The number of hydrogen-bond donors (Lipinski definition) is 1. The first-order valence-electron chi connectivity index (χ1n) is 12.3. The van der Waals surface area contributed by atoms with Crippen molar-refractivity contribution in [3.8, 4) is 17.1 Å². The molecule has 0 aromatic carbocycles. The van der Waals surface area contributed by atoms with Crippen LogP contribution in [0.3, 0.4) is 0 Å². The predicted octanol–water partition coefficient (Wildman–Crippen LogP) is 4.38. The summed E-state index contributed by atoms with van der Waals surface area (Å²) in [6, 6.07) is 4.06. The fourth-order valence-electron chi connectivity index (χ4n) is 3.67. The van der Waals surface area contributed by atoms with Crippen LogP contribution in [0.5, 0.6) is 5.88 Å². The molecule has 1 saturated carbocycles. The highest BCUT2D eigenvalue weighted by molar-refractivity contribution is 7.99. The number of anilines is 2. The van der Waals surface area contributed by atoms with Gasteiger partial charge in [-0.2, -0.15) is 0 Å². The first kappa shape index (κ1) is 26.5. The van der Waals surface area contributed by atoms with Gasteiger partial charge in [-0.25, -0.2) is 19.9 Å². The second-order valence-electron chi connectivity index (χ2n) is 8.91. The Balaban J connectivity index is 1.65. The number of nitrogens with zero attached hydrogens (tertiary/aromatic N) is 7. The molecule has 0 spiro atoms. The lowest BCUT2D eigenvalue weighted by atomic mass is 10.1. The van der Waals surface area contributed by atoms with E-state index < -0.39 is 0 Å². The van der Waals surface area contributed by atoms with E-state index >= 15 is 0 Å². The largest absolute Gasteiger partial charge is 0.480 e. The van der Waals surface area contributed by atoms with Gasteiger partial charge in [0.05, 0.1) is 42.5 Å². The minimum Gasteiger partial charge on any atom is -0.480 e. The van der Waals surface area contributed by atoms with Crippen LogP contribution in [-0.2, 0) is 11.3 Å². The van der Waals surface area contributed by atoms with Crippen LogP contribution in [0.2, 0.25) is 0 Å². The van der Waals surface area contributed by atoms with E-state index in [1.165, 1.54) is 6.33 Å². The molecule has 3 heterocycles. The lowest BCUT2D eigenvalue weighted by Gasteiger charge is -2.25. The highest BCUT2D eigenvalue weighted by Gasteiger charge is 2.31. The van der Waals surface area contributed by atoms with Gasteiger partial charge < -0.3 is 15.0 Å². The van der Waals surface area contributed by atoms with Crippen molar-refractivity contribution in [1.82, 2.24) is 24.9 Å². The quantitative estimate of drug-likeness (QED) is 0.169. The normalized spacial score (nSPS) is 13.5. The van der Waals surface area contributed by atoms with E-state index in [4.69, 9.17) is 9.72 Å². The Morgan fingerprint density at radius 1 is 1.24 bits per heavy atom. The third kappa shape index (κ3) is 6.40. The van der Waals surface area contributed by atoms with Crippen molar-refractivity contribution < 1.29 is 9.53 Å². The van der Waals surface area contributed by atoms with Gasteiger partial charge in [0.2, 0.25) is 5.88 Å². The van der Waals surface area contributed by atoms with Gasteiger partial charge in [-0.1, -0.05) is 6.92 Å². The first-order valence-corrected chi connectivity index (χ1v) is 13.3. The van der Waals surface area contributed by atoms with Gasteiger partial charge in [0.1, 0.15) is 6.33 Å². The zero-order valence-corrected chi connectivity index (χ0v) is 22.6. The van der Waals surface area contributed by atoms with Crippen LogP contribution >= 0.6 is 11.8 Å². The van der Waals surface area contributed by atoms with Crippen molar-refractivity contribution in [3.05, 3.63) is 42.2 Å². The monoisotopic (exact) mass is 520 g/mol. The number of amidine groups is 1. The molecule has 1 N–H and O–H groups in total. The van der Waals surface area contributed by atoms with Gasteiger partial charge in [0, 0.05) is 30.1 Å². The molecule has 3 aromatic rings. The van der Waals surface area contributed by atoms with Crippen molar-refractivity contribution >= 4 is 35.5 Å². The number of ether oxygens (including phenoxy) is 1. The molecule has 0 saturated heterocycles. The van der Waals surface area contributed by atoms with Crippen LogP contribution in [0.25, 0.3) is 11.3 Å². The van der Waals surface area contributed by atoms with E-state index in [9.17, 15) is 4.79 Å². The van der Waals surface area contributed by atoms with E-state index in [1.807, 2.05) is 30.3 Å². The van der Waals surface area contributed by atoms with Crippen LogP contribution in [0.4, 0.5) is 11.6 Å². The third-order valence-electron chi connectivity index (χ3n) is 6.00. The molecule has 0 amide bonds. The molecule has 4 rings (SSSR count). The summed E-state index contributed by atoms with van der Waals surface area (Å²) in [5.41, 5.74) is 3.06. The number of thioether (sulfide) groups is 1. The zero-order valence-electron chi connectivity index (χ0n) is 21.8. The Bertz CT molecular complexity index is 1260. The number of aldehydes is 1.